The summed E-state index contributed by atoms with van der Waals surface area (Å²) in [6, 6.07) is 6.86. The van der Waals surface area contributed by atoms with E-state index >= 15 is 0 Å². The van der Waals surface area contributed by atoms with Crippen LogP contribution in [0.5, 0.6) is 0 Å². The number of fused-ring (bicyclic) bond motifs is 1. The Morgan fingerprint density at radius 3 is 2.55 bits per heavy atom. The Bertz CT molecular complexity index is 1100. The highest BCUT2D eigenvalue weighted by Crippen LogP contribution is 2.29. The number of anilines is 3. The fourth-order valence-corrected chi connectivity index (χ4v) is 5.40. The van der Waals surface area contributed by atoms with Gasteiger partial charge in [-0.1, -0.05) is 20.8 Å². The quantitative estimate of drug-likeness (QED) is 0.423. The minimum Gasteiger partial charge on any atom is -0.366 e. The van der Waals surface area contributed by atoms with Crippen LogP contribution in [0.15, 0.2) is 23.7 Å². The number of nitrogens with two attached hydrogens (primary N) is 1. The maximum Gasteiger partial charge on any atom is 0.271 e. The fourth-order valence-electron chi connectivity index (χ4n) is 4.68. The zero-order valence-corrected chi connectivity index (χ0v) is 20.4. The first-order chi connectivity index (χ1) is 16.0. The number of nitrogens with zero attached hydrogens (tertiary/aromatic N) is 4. The second kappa shape index (κ2) is 10.4. The lowest BCUT2D eigenvalue weighted by Gasteiger charge is -2.36. The van der Waals surface area contributed by atoms with Crippen LogP contribution >= 0.6 is 11.3 Å². The Balaban J connectivity index is 1.56. The molecule has 4 rings (SSSR count). The number of aryl methyl sites for hydroxylation is 1. The highest BCUT2D eigenvalue weighted by molar-refractivity contribution is 7.16. The van der Waals surface area contributed by atoms with Crippen LogP contribution in [0.25, 0.3) is 10.2 Å². The van der Waals surface area contributed by atoms with Gasteiger partial charge in [-0.05, 0) is 63.4 Å². The van der Waals surface area contributed by atoms with Gasteiger partial charge in [0.05, 0.1) is 21.4 Å². The van der Waals surface area contributed by atoms with E-state index in [0.29, 0.717) is 24.3 Å². The molecule has 0 saturated heterocycles. The number of rotatable bonds is 9. The number of aromatic nitrogens is 3. The average Bonchev–Trinajstić information content (AvgIpc) is 3.29. The topological polar surface area (TPSA) is 109 Å². The normalized spacial score (nSPS) is 18.5. The van der Waals surface area contributed by atoms with Gasteiger partial charge in [0.2, 0.25) is 0 Å². The lowest BCUT2D eigenvalue weighted by Crippen LogP contribution is -2.40. The summed E-state index contributed by atoms with van der Waals surface area (Å²) in [4.78, 5) is 28.4. The third kappa shape index (κ3) is 5.25. The van der Waals surface area contributed by atoms with E-state index in [9.17, 15) is 4.79 Å². The van der Waals surface area contributed by atoms with E-state index in [-0.39, 0.29) is 5.69 Å². The van der Waals surface area contributed by atoms with Crippen LogP contribution in [0.3, 0.4) is 0 Å². The molecule has 1 aliphatic carbocycles. The molecule has 9 heteroatoms. The highest BCUT2D eigenvalue weighted by Gasteiger charge is 2.26. The van der Waals surface area contributed by atoms with Gasteiger partial charge in [-0.2, -0.15) is 0 Å². The summed E-state index contributed by atoms with van der Waals surface area (Å²) in [7, 11) is 0. The number of primary amides is 1. The van der Waals surface area contributed by atoms with Crippen molar-refractivity contribution in [3.8, 4) is 0 Å². The van der Waals surface area contributed by atoms with Crippen molar-refractivity contribution in [2.75, 3.05) is 23.7 Å². The summed E-state index contributed by atoms with van der Waals surface area (Å²) in [5.74, 6) is 0.517. The van der Waals surface area contributed by atoms with E-state index in [2.05, 4.69) is 39.3 Å². The van der Waals surface area contributed by atoms with Crippen LogP contribution in [-0.2, 0) is 6.42 Å². The molecular weight excluding hydrogens is 434 g/mol. The lowest BCUT2D eigenvalue weighted by molar-refractivity contribution is 0.0996. The summed E-state index contributed by atoms with van der Waals surface area (Å²) < 4.78 is 1.06. The average molecular weight is 468 g/mol. The van der Waals surface area contributed by atoms with Gasteiger partial charge >= 0.3 is 0 Å². The molecular formula is C24H33N7OS. The molecule has 0 atom stereocenters. The molecule has 1 saturated carbocycles. The number of amides is 1. The number of carbonyl (C=O) groups is 1. The summed E-state index contributed by atoms with van der Waals surface area (Å²) in [6.07, 6.45) is 5.20. The monoisotopic (exact) mass is 467 g/mol. The predicted octanol–water partition coefficient (Wildman–Crippen LogP) is 4.56. The van der Waals surface area contributed by atoms with Crippen LogP contribution in [-0.4, -0.2) is 50.9 Å². The van der Waals surface area contributed by atoms with Gasteiger partial charge in [-0.3, -0.25) is 4.79 Å². The van der Waals surface area contributed by atoms with E-state index in [1.807, 2.05) is 30.6 Å². The molecule has 2 aromatic heterocycles. The van der Waals surface area contributed by atoms with Gasteiger partial charge in [-0.25, -0.2) is 15.0 Å². The van der Waals surface area contributed by atoms with Crippen molar-refractivity contribution in [1.82, 2.24) is 19.9 Å². The molecule has 1 fully saturated rings. The summed E-state index contributed by atoms with van der Waals surface area (Å²) in [5.41, 5.74) is 10.2. The second-order valence-corrected chi connectivity index (χ2v) is 9.35. The van der Waals surface area contributed by atoms with Crippen molar-refractivity contribution in [2.45, 2.75) is 65.0 Å². The Morgan fingerprint density at radius 2 is 1.88 bits per heavy atom. The molecule has 8 nitrogen and oxygen atoms in total. The molecule has 4 N–H and O–H groups in total. The Labute approximate surface area is 199 Å². The number of carbonyl (C=O) groups excluding carboxylic acids is 1. The summed E-state index contributed by atoms with van der Waals surface area (Å²) in [6.45, 7) is 8.68. The standard InChI is InChI=1S/C24H33N7OS/c1-4-18-23(27-15-7-10-17(11-8-15)31(5-2)6-3)30-24(21(29-18)22(25)32)28-16-9-12-19-20(13-16)33-14-26-19/h9,12-15,17H,4-8,10-11H2,1-3H3,(H2,25,32)(H2,27,28,30). The van der Waals surface area contributed by atoms with Crippen molar-refractivity contribution in [2.24, 2.45) is 5.73 Å². The van der Waals surface area contributed by atoms with Crippen LogP contribution in [0, 0.1) is 0 Å². The van der Waals surface area contributed by atoms with E-state index in [1.165, 1.54) is 12.8 Å². The Kier molecular flexibility index (Phi) is 7.39. The molecule has 0 unspecified atom stereocenters. The van der Waals surface area contributed by atoms with E-state index < -0.39 is 5.91 Å². The van der Waals surface area contributed by atoms with Gasteiger partial charge in [0.25, 0.3) is 5.91 Å². The third-order valence-corrected chi connectivity index (χ3v) is 7.29. The number of benzene rings is 1. The zero-order valence-electron chi connectivity index (χ0n) is 19.6. The molecule has 176 valence electrons. The number of hydrogen-bond acceptors (Lipinski definition) is 8. The fraction of sp³-hybridized carbons (Fsp3) is 0.500. The van der Waals surface area contributed by atoms with Gasteiger partial charge < -0.3 is 21.3 Å². The maximum atomic E-state index is 12.2. The van der Waals surface area contributed by atoms with E-state index in [1.54, 1.807) is 11.3 Å². The summed E-state index contributed by atoms with van der Waals surface area (Å²) >= 11 is 1.57. The van der Waals surface area contributed by atoms with Crippen LogP contribution in [0.1, 0.15) is 62.6 Å². The van der Waals surface area contributed by atoms with E-state index in [4.69, 9.17) is 10.7 Å². The summed E-state index contributed by atoms with van der Waals surface area (Å²) in [5, 5.41) is 6.88. The van der Waals surface area contributed by atoms with Crippen molar-refractivity contribution in [1.29, 1.82) is 0 Å². The molecule has 0 bridgehead atoms. The molecule has 2 heterocycles. The second-order valence-electron chi connectivity index (χ2n) is 8.46. The minimum atomic E-state index is -0.593. The van der Waals surface area contributed by atoms with Gasteiger partial charge in [0, 0.05) is 17.8 Å². The number of nitrogens with one attached hydrogen (secondary N) is 2. The molecule has 33 heavy (non-hydrogen) atoms. The molecule has 0 radical (unpaired) electrons. The molecule has 0 spiro atoms. The number of hydrogen-bond donors (Lipinski definition) is 3. The van der Waals surface area contributed by atoms with Crippen molar-refractivity contribution >= 4 is 44.8 Å². The van der Waals surface area contributed by atoms with Crippen LogP contribution in [0.2, 0.25) is 0 Å². The first kappa shape index (κ1) is 23.4. The van der Waals surface area contributed by atoms with Crippen molar-refractivity contribution in [3.63, 3.8) is 0 Å². The Hall–Kier alpha value is -2.78. The predicted molar refractivity (Wildman–Crippen MR) is 135 cm³/mol. The van der Waals surface area contributed by atoms with Gasteiger partial charge in [-0.15, -0.1) is 11.3 Å². The molecule has 0 aliphatic heterocycles. The van der Waals surface area contributed by atoms with Crippen molar-refractivity contribution < 1.29 is 4.79 Å². The van der Waals surface area contributed by atoms with Crippen molar-refractivity contribution in [3.05, 3.63) is 35.1 Å². The molecule has 1 aromatic carbocycles. The van der Waals surface area contributed by atoms with Crippen LogP contribution < -0.4 is 16.4 Å². The highest BCUT2D eigenvalue weighted by atomic mass is 32.1. The largest absolute Gasteiger partial charge is 0.366 e. The smallest absolute Gasteiger partial charge is 0.271 e. The number of thiazole rings is 1. The van der Waals surface area contributed by atoms with Gasteiger partial charge in [0.1, 0.15) is 5.82 Å². The minimum absolute atomic E-state index is 0.159. The Morgan fingerprint density at radius 1 is 1.12 bits per heavy atom. The van der Waals surface area contributed by atoms with Crippen LogP contribution in [0.4, 0.5) is 17.3 Å². The molecule has 1 amide bonds. The lowest BCUT2D eigenvalue weighted by atomic mass is 9.90. The molecule has 1 aliphatic rings. The molecule has 3 aromatic rings. The maximum absolute atomic E-state index is 12.2. The van der Waals surface area contributed by atoms with Gasteiger partial charge in [0.15, 0.2) is 11.5 Å². The zero-order chi connectivity index (χ0) is 23.4. The first-order valence-corrected chi connectivity index (χ1v) is 12.7. The first-order valence-electron chi connectivity index (χ1n) is 11.8. The SMILES string of the molecule is CCc1nc(C(N)=O)c(Nc2ccc3ncsc3c2)nc1NC1CCC(N(CC)CC)CC1. The third-order valence-electron chi connectivity index (χ3n) is 6.50. The van der Waals surface area contributed by atoms with E-state index in [0.717, 1.165) is 53.3 Å².